The summed E-state index contributed by atoms with van der Waals surface area (Å²) in [7, 11) is 0. The number of hydrogen-bond donors (Lipinski definition) is 0. The van der Waals surface area contributed by atoms with Gasteiger partial charge in [0.15, 0.2) is 0 Å². The van der Waals surface area contributed by atoms with E-state index in [0.717, 1.165) is 23.7 Å². The Morgan fingerprint density at radius 1 is 1.50 bits per heavy atom. The molecule has 0 aliphatic heterocycles. The number of ether oxygens (including phenoxy) is 1. The summed E-state index contributed by atoms with van der Waals surface area (Å²) in [4.78, 5) is 11.3. The first kappa shape index (κ1) is 12.2. The van der Waals surface area contributed by atoms with Crippen LogP contribution in [0.15, 0.2) is 0 Å². The van der Waals surface area contributed by atoms with Gasteiger partial charge in [0.1, 0.15) is 0 Å². The van der Waals surface area contributed by atoms with Crippen molar-refractivity contribution in [3.8, 4) is 0 Å². The van der Waals surface area contributed by atoms with E-state index in [9.17, 15) is 4.79 Å². The van der Waals surface area contributed by atoms with Gasteiger partial charge in [0, 0.05) is 0 Å². The number of halogens is 1. The molecule has 0 fully saturated rings. The molecule has 1 atom stereocenters. The van der Waals surface area contributed by atoms with Gasteiger partial charge in [0.05, 0.1) is 12.5 Å². The van der Waals surface area contributed by atoms with E-state index in [0.29, 0.717) is 6.61 Å². The molecular weight excluding hydrogens is 267 g/mol. The lowest BCUT2D eigenvalue weighted by atomic mass is 10.0. The van der Waals surface area contributed by atoms with Crippen LogP contribution in [0.3, 0.4) is 0 Å². The Bertz CT molecular complexity index is 126. The molecule has 2 nitrogen and oxygen atoms in total. The van der Waals surface area contributed by atoms with Gasteiger partial charge in [-0.3, -0.25) is 4.79 Å². The lowest BCUT2D eigenvalue weighted by Gasteiger charge is -2.11. The van der Waals surface area contributed by atoms with E-state index in [-0.39, 0.29) is 11.9 Å². The van der Waals surface area contributed by atoms with Gasteiger partial charge in [-0.05, 0) is 30.6 Å². The second-order valence-corrected chi connectivity index (χ2v) is 3.77. The standard InChI is InChI=1S/C9H17IO2/c1-3-8(6-5-7-10)9(11)12-4-2/h8H,3-7H2,1-2H3. The van der Waals surface area contributed by atoms with Crippen LogP contribution >= 0.6 is 22.6 Å². The molecule has 0 saturated heterocycles. The van der Waals surface area contributed by atoms with Crippen LogP contribution in [-0.2, 0) is 9.53 Å². The quantitative estimate of drug-likeness (QED) is 0.426. The fourth-order valence-electron chi connectivity index (χ4n) is 1.07. The van der Waals surface area contributed by atoms with E-state index in [4.69, 9.17) is 4.74 Å². The topological polar surface area (TPSA) is 26.3 Å². The maximum Gasteiger partial charge on any atom is 0.308 e. The molecule has 0 spiro atoms. The minimum Gasteiger partial charge on any atom is -0.466 e. The maximum atomic E-state index is 11.3. The molecule has 0 aromatic rings. The Morgan fingerprint density at radius 2 is 2.17 bits per heavy atom. The predicted molar refractivity (Wildman–Crippen MR) is 58.5 cm³/mol. The molecule has 0 rings (SSSR count). The summed E-state index contributed by atoms with van der Waals surface area (Å²) in [6, 6.07) is 0. The lowest BCUT2D eigenvalue weighted by Crippen LogP contribution is -2.17. The second-order valence-electron chi connectivity index (χ2n) is 2.69. The van der Waals surface area contributed by atoms with Crippen LogP contribution in [0.4, 0.5) is 0 Å². The summed E-state index contributed by atoms with van der Waals surface area (Å²) in [5.74, 6) is 0.101. The van der Waals surface area contributed by atoms with Gasteiger partial charge in [-0.1, -0.05) is 29.5 Å². The molecule has 0 aromatic heterocycles. The molecular formula is C9H17IO2. The van der Waals surface area contributed by atoms with Crippen molar-refractivity contribution >= 4 is 28.6 Å². The second kappa shape index (κ2) is 7.83. The monoisotopic (exact) mass is 284 g/mol. The summed E-state index contributed by atoms with van der Waals surface area (Å²) >= 11 is 2.33. The predicted octanol–water partition coefficient (Wildman–Crippen LogP) is 2.79. The molecule has 0 saturated carbocycles. The summed E-state index contributed by atoms with van der Waals surface area (Å²) in [6.07, 6.45) is 2.98. The number of esters is 1. The van der Waals surface area contributed by atoms with Gasteiger partial charge < -0.3 is 4.74 Å². The van der Waals surface area contributed by atoms with Crippen molar-refractivity contribution in [2.24, 2.45) is 5.92 Å². The van der Waals surface area contributed by atoms with Crippen molar-refractivity contribution in [1.29, 1.82) is 0 Å². The molecule has 1 unspecified atom stereocenters. The van der Waals surface area contributed by atoms with Gasteiger partial charge in [0.25, 0.3) is 0 Å². The van der Waals surface area contributed by atoms with E-state index in [1.165, 1.54) is 0 Å². The molecule has 0 bridgehead atoms. The molecule has 0 amide bonds. The normalized spacial score (nSPS) is 12.6. The Labute approximate surface area is 88.2 Å². The fourth-order valence-corrected chi connectivity index (χ4v) is 1.51. The zero-order valence-corrected chi connectivity index (χ0v) is 9.96. The van der Waals surface area contributed by atoms with E-state index < -0.39 is 0 Å². The number of carbonyl (C=O) groups is 1. The van der Waals surface area contributed by atoms with Crippen molar-refractivity contribution in [2.75, 3.05) is 11.0 Å². The average Bonchev–Trinajstić information content (AvgIpc) is 2.06. The Morgan fingerprint density at radius 3 is 2.58 bits per heavy atom. The van der Waals surface area contributed by atoms with Crippen LogP contribution < -0.4 is 0 Å². The SMILES string of the molecule is CCOC(=O)C(CC)CCCI. The van der Waals surface area contributed by atoms with Crippen LogP contribution in [0.25, 0.3) is 0 Å². The van der Waals surface area contributed by atoms with Crippen LogP contribution in [0.5, 0.6) is 0 Å². The first-order chi connectivity index (χ1) is 5.76. The third-order valence-corrected chi connectivity index (χ3v) is 2.56. The van der Waals surface area contributed by atoms with Gasteiger partial charge in [-0.15, -0.1) is 0 Å². The van der Waals surface area contributed by atoms with Gasteiger partial charge in [-0.25, -0.2) is 0 Å². The lowest BCUT2D eigenvalue weighted by molar-refractivity contribution is -0.148. The summed E-state index contributed by atoms with van der Waals surface area (Å²) in [5, 5.41) is 0. The summed E-state index contributed by atoms with van der Waals surface area (Å²) in [6.45, 7) is 4.39. The Hall–Kier alpha value is 0.200. The molecule has 0 radical (unpaired) electrons. The Kier molecular flexibility index (Phi) is 7.96. The molecule has 0 aliphatic rings. The van der Waals surface area contributed by atoms with Crippen molar-refractivity contribution in [3.63, 3.8) is 0 Å². The Balaban J connectivity index is 3.71. The number of hydrogen-bond acceptors (Lipinski definition) is 2. The van der Waals surface area contributed by atoms with Crippen molar-refractivity contribution in [1.82, 2.24) is 0 Å². The van der Waals surface area contributed by atoms with E-state index >= 15 is 0 Å². The third-order valence-electron chi connectivity index (χ3n) is 1.80. The van der Waals surface area contributed by atoms with Gasteiger partial charge in [0.2, 0.25) is 0 Å². The highest BCUT2D eigenvalue weighted by Crippen LogP contribution is 2.13. The summed E-state index contributed by atoms with van der Waals surface area (Å²) < 4.78 is 6.07. The third kappa shape index (κ3) is 4.95. The van der Waals surface area contributed by atoms with Crippen molar-refractivity contribution < 1.29 is 9.53 Å². The first-order valence-electron chi connectivity index (χ1n) is 4.48. The minimum absolute atomic E-state index is 0.0233. The molecule has 3 heteroatoms. The average molecular weight is 284 g/mol. The summed E-state index contributed by atoms with van der Waals surface area (Å²) in [5.41, 5.74) is 0. The highest BCUT2D eigenvalue weighted by Gasteiger charge is 2.16. The molecule has 0 aliphatic carbocycles. The number of rotatable bonds is 6. The molecule has 72 valence electrons. The maximum absolute atomic E-state index is 11.3. The molecule has 0 N–H and O–H groups in total. The van der Waals surface area contributed by atoms with E-state index in [2.05, 4.69) is 22.6 Å². The van der Waals surface area contributed by atoms with Crippen LogP contribution in [0, 0.1) is 5.92 Å². The zero-order chi connectivity index (χ0) is 9.40. The van der Waals surface area contributed by atoms with Crippen LogP contribution in [-0.4, -0.2) is 17.0 Å². The number of carbonyl (C=O) groups excluding carboxylic acids is 1. The first-order valence-corrected chi connectivity index (χ1v) is 6.01. The smallest absolute Gasteiger partial charge is 0.308 e. The van der Waals surface area contributed by atoms with Gasteiger partial charge in [-0.2, -0.15) is 0 Å². The largest absolute Gasteiger partial charge is 0.466 e. The van der Waals surface area contributed by atoms with Crippen LogP contribution in [0.1, 0.15) is 33.1 Å². The van der Waals surface area contributed by atoms with Crippen molar-refractivity contribution in [2.45, 2.75) is 33.1 Å². The highest BCUT2D eigenvalue weighted by molar-refractivity contribution is 14.1. The van der Waals surface area contributed by atoms with Crippen molar-refractivity contribution in [3.05, 3.63) is 0 Å². The highest BCUT2D eigenvalue weighted by atomic mass is 127. The minimum atomic E-state index is -0.0233. The molecule has 12 heavy (non-hydrogen) atoms. The van der Waals surface area contributed by atoms with Gasteiger partial charge >= 0.3 is 5.97 Å². The molecule has 0 aromatic carbocycles. The van der Waals surface area contributed by atoms with Crippen LogP contribution in [0.2, 0.25) is 0 Å². The fraction of sp³-hybridized carbons (Fsp3) is 0.889. The van der Waals surface area contributed by atoms with E-state index in [1.807, 2.05) is 13.8 Å². The number of alkyl halides is 1. The van der Waals surface area contributed by atoms with E-state index in [1.54, 1.807) is 0 Å². The molecule has 0 heterocycles. The zero-order valence-electron chi connectivity index (χ0n) is 7.81.